The van der Waals surface area contributed by atoms with Gasteiger partial charge in [-0.1, -0.05) is 18.2 Å². The van der Waals surface area contributed by atoms with Crippen LogP contribution in [0.25, 0.3) is 0 Å². The van der Waals surface area contributed by atoms with Gasteiger partial charge in [0.25, 0.3) is 0 Å². The minimum absolute atomic E-state index is 0.627. The molecule has 0 bridgehead atoms. The largest absolute Gasteiger partial charge is 0.481 e. The summed E-state index contributed by atoms with van der Waals surface area (Å²) >= 11 is 1.65. The maximum Gasteiger partial charge on any atom is 0.309 e. The zero-order valence-electron chi connectivity index (χ0n) is 13.0. The Balaban J connectivity index is 2.37. The lowest BCUT2D eigenvalue weighted by Crippen LogP contribution is -2.23. The number of hydrogen-bond donors (Lipinski definition) is 1. The molecule has 20 heavy (non-hydrogen) atoms. The van der Waals surface area contributed by atoms with Crippen LogP contribution in [-0.4, -0.2) is 26.8 Å². The number of aliphatic carboxylic acids is 1. The lowest BCUT2D eigenvalue weighted by atomic mass is 9.88. The van der Waals surface area contributed by atoms with E-state index >= 15 is 0 Å². The van der Waals surface area contributed by atoms with Crippen LogP contribution in [0.15, 0.2) is 5.16 Å². The Morgan fingerprint density at radius 2 is 1.70 bits per heavy atom. The fourth-order valence-electron chi connectivity index (χ4n) is 1.75. The van der Waals surface area contributed by atoms with E-state index < -0.39 is 11.4 Å². The second-order valence-corrected chi connectivity index (χ2v) is 6.86. The van der Waals surface area contributed by atoms with E-state index in [1.807, 2.05) is 20.8 Å². The first-order chi connectivity index (χ1) is 9.24. The maximum absolute atomic E-state index is 11.0. The summed E-state index contributed by atoms with van der Waals surface area (Å²) in [5.74, 6) is 0.204. The van der Waals surface area contributed by atoms with E-state index in [1.54, 1.807) is 25.6 Å². The molecule has 0 aromatic carbocycles. The molecule has 0 unspecified atom stereocenters. The van der Waals surface area contributed by atoms with Crippen LogP contribution >= 0.6 is 11.8 Å². The summed E-state index contributed by atoms with van der Waals surface area (Å²) in [4.78, 5) is 19.9. The number of carbonyl (C=O) groups is 1. The summed E-state index contributed by atoms with van der Waals surface area (Å²) in [7, 11) is 0. The zero-order valence-corrected chi connectivity index (χ0v) is 13.8. The molecular weight excluding hydrogens is 272 g/mol. The monoisotopic (exact) mass is 296 g/mol. The number of unbranched alkanes of at least 4 members (excludes halogenated alkanes) is 1. The summed E-state index contributed by atoms with van der Waals surface area (Å²) in [5.41, 5.74) is 2.59. The zero-order chi connectivity index (χ0) is 15.3. The molecule has 0 saturated carbocycles. The molecule has 1 aromatic rings. The maximum atomic E-state index is 11.0. The molecule has 1 aromatic heterocycles. The van der Waals surface area contributed by atoms with Gasteiger partial charge in [-0.2, -0.15) is 0 Å². The van der Waals surface area contributed by atoms with E-state index in [9.17, 15) is 4.79 Å². The molecule has 1 heterocycles. The lowest BCUT2D eigenvalue weighted by molar-refractivity contribution is -0.147. The molecule has 0 aliphatic carbocycles. The van der Waals surface area contributed by atoms with Gasteiger partial charge in [0.1, 0.15) is 0 Å². The van der Waals surface area contributed by atoms with Crippen molar-refractivity contribution in [1.29, 1.82) is 0 Å². The number of aromatic nitrogens is 2. The van der Waals surface area contributed by atoms with Gasteiger partial charge in [0.05, 0.1) is 5.41 Å². The van der Waals surface area contributed by atoms with Crippen molar-refractivity contribution in [2.75, 3.05) is 5.75 Å². The van der Waals surface area contributed by atoms with Crippen LogP contribution in [0.3, 0.4) is 0 Å². The average Bonchev–Trinajstić information content (AvgIpc) is 2.35. The summed E-state index contributed by atoms with van der Waals surface area (Å²) in [5, 5.41) is 9.86. The van der Waals surface area contributed by atoms with E-state index in [1.165, 1.54) is 0 Å². The first-order valence-electron chi connectivity index (χ1n) is 6.92. The lowest BCUT2D eigenvalue weighted by Gasteiger charge is -2.18. The van der Waals surface area contributed by atoms with E-state index in [-0.39, 0.29) is 0 Å². The quantitative estimate of drug-likeness (QED) is 0.471. The standard InChI is InChI=1S/C15H24N2O2S/c1-10-11(2)16-14(17-12(10)3)20-9-7-6-8-15(4,5)13(18)19/h6-9H2,1-5H3,(H,18,19). The molecule has 4 nitrogen and oxygen atoms in total. The van der Waals surface area contributed by atoms with Crippen molar-refractivity contribution in [3.8, 4) is 0 Å². The van der Waals surface area contributed by atoms with Crippen molar-refractivity contribution in [2.45, 2.75) is 59.0 Å². The first kappa shape index (κ1) is 17.0. The highest BCUT2D eigenvalue weighted by molar-refractivity contribution is 7.99. The SMILES string of the molecule is Cc1nc(SCCCCC(C)(C)C(=O)O)nc(C)c1C. The molecular formula is C15H24N2O2S. The van der Waals surface area contributed by atoms with Crippen molar-refractivity contribution in [2.24, 2.45) is 5.41 Å². The van der Waals surface area contributed by atoms with Crippen LogP contribution < -0.4 is 0 Å². The molecule has 0 fully saturated rings. The number of rotatable bonds is 7. The van der Waals surface area contributed by atoms with Crippen LogP contribution in [0.4, 0.5) is 0 Å². The highest BCUT2D eigenvalue weighted by Gasteiger charge is 2.25. The van der Waals surface area contributed by atoms with E-state index in [2.05, 4.69) is 9.97 Å². The molecule has 112 valence electrons. The Morgan fingerprint density at radius 3 is 2.20 bits per heavy atom. The molecule has 0 saturated heterocycles. The minimum atomic E-state index is -0.724. The minimum Gasteiger partial charge on any atom is -0.481 e. The van der Waals surface area contributed by atoms with Crippen molar-refractivity contribution < 1.29 is 9.90 Å². The molecule has 0 aliphatic heterocycles. The van der Waals surface area contributed by atoms with Gasteiger partial charge >= 0.3 is 5.97 Å². The second-order valence-electron chi connectivity index (χ2n) is 5.80. The van der Waals surface area contributed by atoms with Gasteiger partial charge in [0.15, 0.2) is 5.16 Å². The summed E-state index contributed by atoms with van der Waals surface area (Å²) < 4.78 is 0. The van der Waals surface area contributed by atoms with Gasteiger partial charge in [-0.3, -0.25) is 4.79 Å². The fourth-order valence-corrected chi connectivity index (χ4v) is 2.68. The van der Waals surface area contributed by atoms with E-state index in [4.69, 9.17) is 5.11 Å². The van der Waals surface area contributed by atoms with Crippen molar-refractivity contribution in [3.63, 3.8) is 0 Å². The fraction of sp³-hybridized carbons (Fsp3) is 0.667. The van der Waals surface area contributed by atoms with Crippen LogP contribution in [0.5, 0.6) is 0 Å². The predicted molar refractivity (Wildman–Crippen MR) is 82.2 cm³/mol. The van der Waals surface area contributed by atoms with Crippen LogP contribution in [0.2, 0.25) is 0 Å². The Kier molecular flexibility index (Phi) is 5.99. The molecule has 0 spiro atoms. The predicted octanol–water partition coefficient (Wildman–Crippen LogP) is 3.78. The van der Waals surface area contributed by atoms with Crippen molar-refractivity contribution >= 4 is 17.7 Å². The highest BCUT2D eigenvalue weighted by atomic mass is 32.2. The smallest absolute Gasteiger partial charge is 0.309 e. The Labute approximate surface area is 125 Å². The van der Waals surface area contributed by atoms with Gasteiger partial charge in [-0.15, -0.1) is 0 Å². The number of carboxylic acids is 1. The normalized spacial score (nSPS) is 11.7. The van der Waals surface area contributed by atoms with Gasteiger partial charge in [0.2, 0.25) is 0 Å². The molecule has 1 rings (SSSR count). The van der Waals surface area contributed by atoms with Crippen molar-refractivity contribution in [3.05, 3.63) is 17.0 Å². The summed E-state index contributed by atoms with van der Waals surface area (Å²) in [6.45, 7) is 9.59. The van der Waals surface area contributed by atoms with Gasteiger partial charge < -0.3 is 5.11 Å². The molecule has 0 amide bonds. The second kappa shape index (κ2) is 7.07. The van der Waals surface area contributed by atoms with Crippen LogP contribution in [-0.2, 0) is 4.79 Å². The number of carboxylic acid groups (broad SMARTS) is 1. The van der Waals surface area contributed by atoms with Crippen molar-refractivity contribution in [1.82, 2.24) is 9.97 Å². The molecule has 0 aliphatic rings. The van der Waals surface area contributed by atoms with E-state index in [0.29, 0.717) is 6.42 Å². The van der Waals surface area contributed by atoms with Gasteiger partial charge in [-0.05, 0) is 53.0 Å². The third-order valence-electron chi connectivity index (χ3n) is 3.62. The number of hydrogen-bond acceptors (Lipinski definition) is 4. The summed E-state index contributed by atoms with van der Waals surface area (Å²) in [6.07, 6.45) is 2.60. The third kappa shape index (κ3) is 4.78. The number of thioether (sulfide) groups is 1. The highest BCUT2D eigenvalue weighted by Crippen LogP contribution is 2.25. The Bertz CT molecular complexity index is 464. The average molecular weight is 296 g/mol. The molecule has 1 N–H and O–H groups in total. The topological polar surface area (TPSA) is 63.1 Å². The summed E-state index contributed by atoms with van der Waals surface area (Å²) in [6, 6.07) is 0. The van der Waals surface area contributed by atoms with Gasteiger partial charge in [0, 0.05) is 17.1 Å². The number of aryl methyl sites for hydroxylation is 2. The Morgan fingerprint density at radius 1 is 1.15 bits per heavy atom. The Hall–Kier alpha value is -1.10. The van der Waals surface area contributed by atoms with Crippen LogP contribution in [0.1, 0.15) is 50.1 Å². The molecule has 5 heteroatoms. The third-order valence-corrected chi connectivity index (χ3v) is 4.55. The molecule has 0 radical (unpaired) electrons. The van der Waals surface area contributed by atoms with Gasteiger partial charge in [-0.25, -0.2) is 9.97 Å². The first-order valence-corrected chi connectivity index (χ1v) is 7.90. The van der Waals surface area contributed by atoms with Crippen LogP contribution in [0, 0.1) is 26.2 Å². The van der Waals surface area contributed by atoms with E-state index in [0.717, 1.165) is 40.7 Å². The molecule has 0 atom stereocenters. The number of nitrogens with zero attached hydrogens (tertiary/aromatic N) is 2.